The first-order valence-corrected chi connectivity index (χ1v) is 6.65. The van der Waals surface area contributed by atoms with Crippen molar-refractivity contribution in [3.63, 3.8) is 0 Å². The maximum absolute atomic E-state index is 11.8. The normalized spacial score (nSPS) is 10.2. The Kier molecular flexibility index (Phi) is 6.38. The SMILES string of the molecule is CCCCCCNC(=O)c1ccc(CC)cc1. The molecule has 0 aliphatic rings. The summed E-state index contributed by atoms with van der Waals surface area (Å²) in [5, 5.41) is 2.96. The van der Waals surface area contributed by atoms with Gasteiger partial charge in [-0.05, 0) is 30.5 Å². The zero-order chi connectivity index (χ0) is 12.5. The molecule has 0 aromatic heterocycles. The molecule has 1 aromatic carbocycles. The van der Waals surface area contributed by atoms with Crippen molar-refractivity contribution in [2.24, 2.45) is 0 Å². The van der Waals surface area contributed by atoms with Crippen LogP contribution in [0.1, 0.15) is 55.5 Å². The molecule has 1 N–H and O–H groups in total. The maximum atomic E-state index is 11.8. The van der Waals surface area contributed by atoms with Crippen molar-refractivity contribution in [3.8, 4) is 0 Å². The number of hydrogen-bond donors (Lipinski definition) is 1. The Hall–Kier alpha value is -1.31. The first-order chi connectivity index (χ1) is 8.27. The van der Waals surface area contributed by atoms with E-state index in [0.29, 0.717) is 0 Å². The zero-order valence-electron chi connectivity index (χ0n) is 11.0. The maximum Gasteiger partial charge on any atom is 0.251 e. The second kappa shape index (κ2) is 7.88. The molecule has 0 bridgehead atoms. The third kappa shape index (κ3) is 5.03. The van der Waals surface area contributed by atoms with E-state index in [1.54, 1.807) is 0 Å². The predicted molar refractivity (Wildman–Crippen MR) is 72.3 cm³/mol. The van der Waals surface area contributed by atoms with Crippen LogP contribution in [0.5, 0.6) is 0 Å². The molecule has 0 atom stereocenters. The minimum absolute atomic E-state index is 0.0455. The average molecular weight is 233 g/mol. The lowest BCUT2D eigenvalue weighted by Gasteiger charge is -2.05. The van der Waals surface area contributed by atoms with Crippen molar-refractivity contribution in [3.05, 3.63) is 35.4 Å². The van der Waals surface area contributed by atoms with Crippen molar-refractivity contribution in [1.82, 2.24) is 5.32 Å². The standard InChI is InChI=1S/C15H23NO/c1-3-5-6-7-12-16-15(17)14-10-8-13(4-2)9-11-14/h8-11H,3-7,12H2,1-2H3,(H,16,17). The molecule has 0 fully saturated rings. The fourth-order valence-corrected chi connectivity index (χ4v) is 1.75. The number of unbranched alkanes of at least 4 members (excludes halogenated alkanes) is 3. The number of rotatable bonds is 7. The van der Waals surface area contributed by atoms with Gasteiger partial charge in [0.15, 0.2) is 0 Å². The highest BCUT2D eigenvalue weighted by Crippen LogP contribution is 2.05. The predicted octanol–water partition coefficient (Wildman–Crippen LogP) is 3.56. The van der Waals surface area contributed by atoms with Crippen LogP contribution >= 0.6 is 0 Å². The van der Waals surface area contributed by atoms with Gasteiger partial charge in [-0.15, -0.1) is 0 Å². The lowest BCUT2D eigenvalue weighted by molar-refractivity contribution is 0.0953. The number of hydrogen-bond acceptors (Lipinski definition) is 1. The van der Waals surface area contributed by atoms with Gasteiger partial charge >= 0.3 is 0 Å². The molecule has 1 aromatic rings. The third-order valence-electron chi connectivity index (χ3n) is 2.94. The minimum Gasteiger partial charge on any atom is -0.352 e. The highest BCUT2D eigenvalue weighted by molar-refractivity contribution is 5.94. The lowest BCUT2D eigenvalue weighted by Crippen LogP contribution is -2.24. The molecule has 0 saturated heterocycles. The van der Waals surface area contributed by atoms with Crippen LogP contribution in [-0.4, -0.2) is 12.5 Å². The summed E-state index contributed by atoms with van der Waals surface area (Å²) in [6.45, 7) is 5.09. The summed E-state index contributed by atoms with van der Waals surface area (Å²) in [6.07, 6.45) is 5.77. The fourth-order valence-electron chi connectivity index (χ4n) is 1.75. The fraction of sp³-hybridized carbons (Fsp3) is 0.533. The molecule has 94 valence electrons. The van der Waals surface area contributed by atoms with E-state index >= 15 is 0 Å². The van der Waals surface area contributed by atoms with Gasteiger partial charge in [-0.25, -0.2) is 0 Å². The average Bonchev–Trinajstić information content (AvgIpc) is 2.38. The van der Waals surface area contributed by atoms with E-state index < -0.39 is 0 Å². The van der Waals surface area contributed by atoms with E-state index in [-0.39, 0.29) is 5.91 Å². The van der Waals surface area contributed by atoms with Gasteiger partial charge in [0, 0.05) is 12.1 Å². The lowest BCUT2D eigenvalue weighted by atomic mass is 10.1. The van der Waals surface area contributed by atoms with E-state index in [4.69, 9.17) is 0 Å². The van der Waals surface area contributed by atoms with E-state index in [9.17, 15) is 4.79 Å². The highest BCUT2D eigenvalue weighted by atomic mass is 16.1. The molecule has 1 amide bonds. The molecule has 1 rings (SSSR count). The number of aryl methyl sites for hydroxylation is 1. The van der Waals surface area contributed by atoms with Crippen LogP contribution in [0.25, 0.3) is 0 Å². The largest absolute Gasteiger partial charge is 0.352 e. The molecule has 0 spiro atoms. The monoisotopic (exact) mass is 233 g/mol. The van der Waals surface area contributed by atoms with E-state index in [1.807, 2.05) is 24.3 Å². The molecule has 0 heterocycles. The molecule has 2 heteroatoms. The van der Waals surface area contributed by atoms with E-state index in [2.05, 4.69) is 19.2 Å². The quantitative estimate of drug-likeness (QED) is 0.717. The first-order valence-electron chi connectivity index (χ1n) is 6.65. The third-order valence-corrected chi connectivity index (χ3v) is 2.94. The molecule has 0 unspecified atom stereocenters. The van der Waals surface area contributed by atoms with Crippen LogP contribution in [0.4, 0.5) is 0 Å². The van der Waals surface area contributed by atoms with Gasteiger partial charge in [-0.1, -0.05) is 45.2 Å². The summed E-state index contributed by atoms with van der Waals surface area (Å²) in [5.41, 5.74) is 2.03. The summed E-state index contributed by atoms with van der Waals surface area (Å²) >= 11 is 0. The molecule has 0 saturated carbocycles. The number of carbonyl (C=O) groups excluding carboxylic acids is 1. The molecular formula is C15H23NO. The minimum atomic E-state index is 0.0455. The van der Waals surface area contributed by atoms with Crippen LogP contribution in [0.2, 0.25) is 0 Å². The first kappa shape index (κ1) is 13.8. The molecule has 0 aliphatic carbocycles. The van der Waals surface area contributed by atoms with Crippen molar-refractivity contribution in [2.75, 3.05) is 6.54 Å². The molecule has 0 radical (unpaired) electrons. The second-order valence-corrected chi connectivity index (χ2v) is 4.37. The van der Waals surface area contributed by atoms with Crippen LogP contribution in [0, 0.1) is 0 Å². The molecule has 0 aliphatic heterocycles. The van der Waals surface area contributed by atoms with Crippen LogP contribution in [0.15, 0.2) is 24.3 Å². The van der Waals surface area contributed by atoms with Crippen LogP contribution < -0.4 is 5.32 Å². The van der Waals surface area contributed by atoms with Gasteiger partial charge in [-0.2, -0.15) is 0 Å². The Bertz CT molecular complexity index is 329. The smallest absolute Gasteiger partial charge is 0.251 e. The van der Waals surface area contributed by atoms with E-state index in [1.165, 1.54) is 24.8 Å². The summed E-state index contributed by atoms with van der Waals surface area (Å²) in [6, 6.07) is 7.85. The molecule has 17 heavy (non-hydrogen) atoms. The Morgan fingerprint density at radius 2 is 1.76 bits per heavy atom. The van der Waals surface area contributed by atoms with Gasteiger partial charge < -0.3 is 5.32 Å². The topological polar surface area (TPSA) is 29.1 Å². The zero-order valence-corrected chi connectivity index (χ0v) is 11.0. The van der Waals surface area contributed by atoms with Gasteiger partial charge in [-0.3, -0.25) is 4.79 Å². The Morgan fingerprint density at radius 3 is 2.35 bits per heavy atom. The number of nitrogens with one attached hydrogen (secondary N) is 1. The number of amides is 1. The molecular weight excluding hydrogens is 210 g/mol. The van der Waals surface area contributed by atoms with Gasteiger partial charge in [0.05, 0.1) is 0 Å². The van der Waals surface area contributed by atoms with Crippen LogP contribution in [0.3, 0.4) is 0 Å². The molecule has 2 nitrogen and oxygen atoms in total. The van der Waals surface area contributed by atoms with Crippen molar-refractivity contribution >= 4 is 5.91 Å². The summed E-state index contributed by atoms with van der Waals surface area (Å²) in [5.74, 6) is 0.0455. The van der Waals surface area contributed by atoms with Crippen molar-refractivity contribution < 1.29 is 4.79 Å². The van der Waals surface area contributed by atoms with Gasteiger partial charge in [0.25, 0.3) is 5.91 Å². The van der Waals surface area contributed by atoms with Crippen molar-refractivity contribution in [1.29, 1.82) is 0 Å². The number of carbonyl (C=O) groups is 1. The summed E-state index contributed by atoms with van der Waals surface area (Å²) < 4.78 is 0. The van der Waals surface area contributed by atoms with Crippen LogP contribution in [-0.2, 0) is 6.42 Å². The van der Waals surface area contributed by atoms with E-state index in [0.717, 1.165) is 24.9 Å². The Morgan fingerprint density at radius 1 is 1.06 bits per heavy atom. The summed E-state index contributed by atoms with van der Waals surface area (Å²) in [4.78, 5) is 11.8. The Labute approximate surface area is 104 Å². The summed E-state index contributed by atoms with van der Waals surface area (Å²) in [7, 11) is 0. The highest BCUT2D eigenvalue weighted by Gasteiger charge is 2.03. The number of benzene rings is 1. The van der Waals surface area contributed by atoms with Gasteiger partial charge in [0.2, 0.25) is 0 Å². The van der Waals surface area contributed by atoms with Crippen molar-refractivity contribution in [2.45, 2.75) is 46.0 Å². The second-order valence-electron chi connectivity index (χ2n) is 4.37. The Balaban J connectivity index is 2.31. The van der Waals surface area contributed by atoms with Gasteiger partial charge in [0.1, 0.15) is 0 Å².